The van der Waals surface area contributed by atoms with Crippen molar-refractivity contribution in [2.24, 2.45) is 5.92 Å². The van der Waals surface area contributed by atoms with E-state index >= 15 is 0 Å². The second-order valence-corrected chi connectivity index (χ2v) is 5.02. The molecule has 1 aromatic rings. The molecule has 18 heavy (non-hydrogen) atoms. The summed E-state index contributed by atoms with van der Waals surface area (Å²) in [6.07, 6.45) is 4.85. The van der Waals surface area contributed by atoms with E-state index in [0.717, 1.165) is 24.4 Å². The van der Waals surface area contributed by atoms with Gasteiger partial charge in [-0.3, -0.25) is 10.1 Å². The number of benzene rings is 1. The van der Waals surface area contributed by atoms with E-state index in [4.69, 9.17) is 0 Å². The monoisotopic (exact) mass is 248 g/mol. The van der Waals surface area contributed by atoms with Crippen LogP contribution in [-0.2, 0) is 6.42 Å². The highest BCUT2D eigenvalue weighted by Gasteiger charge is 2.34. The molecule has 1 aromatic carbocycles. The molecule has 0 heterocycles. The Morgan fingerprint density at radius 2 is 2.11 bits per heavy atom. The fourth-order valence-electron chi connectivity index (χ4n) is 2.37. The van der Waals surface area contributed by atoms with E-state index < -0.39 is 0 Å². The van der Waals surface area contributed by atoms with E-state index in [2.05, 4.69) is 12.2 Å². The molecule has 98 valence electrons. The minimum Gasteiger partial charge on any atom is -0.313 e. The van der Waals surface area contributed by atoms with Gasteiger partial charge in [0, 0.05) is 18.2 Å². The maximum atomic E-state index is 10.5. The van der Waals surface area contributed by atoms with Crippen LogP contribution in [0.25, 0.3) is 0 Å². The molecule has 0 radical (unpaired) electrons. The standard InChI is InChI=1S/C14H20N2O2/c1-2-3-12-10-14(12)15-9-8-11-4-6-13(7-5-11)16(17)18/h4-7,12,14-15H,2-3,8-10H2,1H3. The van der Waals surface area contributed by atoms with Crippen LogP contribution >= 0.6 is 0 Å². The van der Waals surface area contributed by atoms with Crippen molar-refractivity contribution in [1.29, 1.82) is 0 Å². The van der Waals surface area contributed by atoms with Crippen LogP contribution in [0.4, 0.5) is 5.69 Å². The van der Waals surface area contributed by atoms with Gasteiger partial charge in [-0.15, -0.1) is 0 Å². The van der Waals surface area contributed by atoms with Crippen LogP contribution in [0.1, 0.15) is 31.7 Å². The van der Waals surface area contributed by atoms with Crippen molar-refractivity contribution in [3.05, 3.63) is 39.9 Å². The molecule has 2 rings (SSSR count). The number of nitrogens with one attached hydrogen (secondary N) is 1. The van der Waals surface area contributed by atoms with Crippen molar-refractivity contribution in [3.8, 4) is 0 Å². The second-order valence-electron chi connectivity index (χ2n) is 5.02. The van der Waals surface area contributed by atoms with E-state index in [0.29, 0.717) is 6.04 Å². The van der Waals surface area contributed by atoms with Crippen molar-refractivity contribution in [2.45, 2.75) is 38.6 Å². The minimum absolute atomic E-state index is 0.164. The Kier molecular flexibility index (Phi) is 4.31. The number of rotatable bonds is 7. The van der Waals surface area contributed by atoms with E-state index in [9.17, 15) is 10.1 Å². The third-order valence-corrected chi connectivity index (χ3v) is 3.55. The molecule has 0 aromatic heterocycles. The minimum atomic E-state index is -0.360. The van der Waals surface area contributed by atoms with E-state index in [1.54, 1.807) is 12.1 Å². The Labute approximate surface area is 108 Å². The lowest BCUT2D eigenvalue weighted by atomic mass is 10.1. The van der Waals surface area contributed by atoms with Gasteiger partial charge in [-0.25, -0.2) is 0 Å². The summed E-state index contributed by atoms with van der Waals surface area (Å²) in [4.78, 5) is 10.2. The summed E-state index contributed by atoms with van der Waals surface area (Å²) in [5.74, 6) is 0.881. The summed E-state index contributed by atoms with van der Waals surface area (Å²) >= 11 is 0. The van der Waals surface area contributed by atoms with Gasteiger partial charge < -0.3 is 5.32 Å². The summed E-state index contributed by atoms with van der Waals surface area (Å²) in [5.41, 5.74) is 1.32. The third-order valence-electron chi connectivity index (χ3n) is 3.55. The van der Waals surface area contributed by atoms with E-state index in [1.165, 1.54) is 19.3 Å². The Morgan fingerprint density at radius 1 is 1.39 bits per heavy atom. The lowest BCUT2D eigenvalue weighted by molar-refractivity contribution is -0.384. The molecular formula is C14H20N2O2. The van der Waals surface area contributed by atoms with Gasteiger partial charge >= 0.3 is 0 Å². The van der Waals surface area contributed by atoms with Crippen LogP contribution in [0.2, 0.25) is 0 Å². The highest BCUT2D eigenvalue weighted by molar-refractivity contribution is 5.32. The topological polar surface area (TPSA) is 55.2 Å². The molecule has 1 saturated carbocycles. The van der Waals surface area contributed by atoms with E-state index in [-0.39, 0.29) is 10.6 Å². The maximum Gasteiger partial charge on any atom is 0.269 e. The normalized spacial score (nSPS) is 21.8. The van der Waals surface area contributed by atoms with Gasteiger partial charge in [0.05, 0.1) is 4.92 Å². The molecule has 4 heteroatoms. The lowest BCUT2D eigenvalue weighted by Crippen LogP contribution is -2.21. The van der Waals surface area contributed by atoms with Gasteiger partial charge in [-0.2, -0.15) is 0 Å². The Bertz CT molecular complexity index is 403. The number of nitro groups is 1. The maximum absolute atomic E-state index is 10.5. The molecule has 0 saturated heterocycles. The summed E-state index contributed by atoms with van der Waals surface area (Å²) < 4.78 is 0. The van der Waals surface area contributed by atoms with Crippen LogP contribution in [0.15, 0.2) is 24.3 Å². The van der Waals surface area contributed by atoms with Gasteiger partial charge in [0.1, 0.15) is 0 Å². The van der Waals surface area contributed by atoms with Gasteiger partial charge in [0.15, 0.2) is 0 Å². The van der Waals surface area contributed by atoms with Gasteiger partial charge in [0.25, 0.3) is 5.69 Å². The molecule has 2 unspecified atom stereocenters. The molecule has 1 fully saturated rings. The first-order valence-corrected chi connectivity index (χ1v) is 6.67. The van der Waals surface area contributed by atoms with Crippen LogP contribution in [0.5, 0.6) is 0 Å². The number of non-ortho nitro benzene ring substituents is 1. The summed E-state index contributed by atoms with van der Waals surface area (Å²) in [7, 11) is 0. The fraction of sp³-hybridized carbons (Fsp3) is 0.571. The molecule has 0 spiro atoms. The molecule has 0 aliphatic heterocycles. The highest BCUT2D eigenvalue weighted by atomic mass is 16.6. The number of hydrogen-bond acceptors (Lipinski definition) is 3. The molecule has 4 nitrogen and oxygen atoms in total. The van der Waals surface area contributed by atoms with Gasteiger partial charge in [-0.05, 0) is 37.3 Å². The largest absolute Gasteiger partial charge is 0.313 e. The highest BCUT2D eigenvalue weighted by Crippen LogP contribution is 2.34. The Morgan fingerprint density at radius 3 is 2.72 bits per heavy atom. The van der Waals surface area contributed by atoms with Crippen molar-refractivity contribution in [1.82, 2.24) is 5.32 Å². The molecular weight excluding hydrogens is 228 g/mol. The smallest absolute Gasteiger partial charge is 0.269 e. The predicted octanol–water partition coefficient (Wildman–Crippen LogP) is 2.92. The third kappa shape index (κ3) is 3.53. The van der Waals surface area contributed by atoms with Crippen LogP contribution in [-0.4, -0.2) is 17.5 Å². The SMILES string of the molecule is CCCC1CC1NCCc1ccc([N+](=O)[O-])cc1. The van der Waals surface area contributed by atoms with Crippen molar-refractivity contribution in [2.75, 3.05) is 6.54 Å². The zero-order valence-corrected chi connectivity index (χ0v) is 10.8. The molecule has 1 aliphatic carbocycles. The van der Waals surface area contributed by atoms with Crippen LogP contribution < -0.4 is 5.32 Å². The van der Waals surface area contributed by atoms with E-state index in [1.807, 2.05) is 12.1 Å². The molecule has 1 N–H and O–H groups in total. The number of nitro benzene ring substituents is 1. The number of hydrogen-bond donors (Lipinski definition) is 1. The average molecular weight is 248 g/mol. The zero-order chi connectivity index (χ0) is 13.0. The fourth-order valence-corrected chi connectivity index (χ4v) is 2.37. The Balaban J connectivity index is 1.69. The molecule has 2 atom stereocenters. The Hall–Kier alpha value is -1.42. The quantitative estimate of drug-likeness (QED) is 0.596. The first-order valence-electron chi connectivity index (χ1n) is 6.67. The first-order chi connectivity index (χ1) is 8.70. The average Bonchev–Trinajstić information content (AvgIpc) is 3.09. The predicted molar refractivity (Wildman–Crippen MR) is 71.6 cm³/mol. The molecule has 0 bridgehead atoms. The lowest BCUT2D eigenvalue weighted by Gasteiger charge is -2.04. The van der Waals surface area contributed by atoms with Crippen LogP contribution in [0.3, 0.4) is 0 Å². The summed E-state index contributed by atoms with van der Waals surface area (Å²) in [6.45, 7) is 3.19. The summed E-state index contributed by atoms with van der Waals surface area (Å²) in [5, 5.41) is 14.1. The number of nitrogens with zero attached hydrogens (tertiary/aromatic N) is 1. The summed E-state index contributed by atoms with van der Waals surface area (Å²) in [6, 6.07) is 7.55. The van der Waals surface area contributed by atoms with Crippen molar-refractivity contribution in [3.63, 3.8) is 0 Å². The van der Waals surface area contributed by atoms with Crippen molar-refractivity contribution < 1.29 is 4.92 Å². The zero-order valence-electron chi connectivity index (χ0n) is 10.8. The molecule has 0 amide bonds. The molecule has 1 aliphatic rings. The van der Waals surface area contributed by atoms with Crippen molar-refractivity contribution >= 4 is 5.69 Å². The van der Waals surface area contributed by atoms with Crippen LogP contribution in [0, 0.1) is 16.0 Å². The van der Waals surface area contributed by atoms with Gasteiger partial charge in [-0.1, -0.05) is 25.5 Å². The first kappa shape index (κ1) is 13.0. The van der Waals surface area contributed by atoms with Gasteiger partial charge in [0.2, 0.25) is 0 Å². The second kappa shape index (κ2) is 5.96.